The topological polar surface area (TPSA) is 153 Å². The Bertz CT molecular complexity index is 1370. The van der Waals surface area contributed by atoms with Gasteiger partial charge in [-0.05, 0) is 106 Å². The van der Waals surface area contributed by atoms with Crippen molar-refractivity contribution in [3.05, 3.63) is 59.2 Å². The molecule has 1 aromatic carbocycles. The van der Waals surface area contributed by atoms with E-state index in [2.05, 4.69) is 17.5 Å². The summed E-state index contributed by atoms with van der Waals surface area (Å²) in [6, 6.07) is 5.41. The molecule has 2 aliphatic heterocycles. The van der Waals surface area contributed by atoms with E-state index in [0.29, 0.717) is 41.2 Å². The van der Waals surface area contributed by atoms with Crippen molar-refractivity contribution in [1.82, 2.24) is 5.32 Å². The number of nitrogens with two attached hydrogens (primary N) is 1. The highest BCUT2D eigenvalue weighted by Gasteiger charge is 2.49. The first-order valence-electron chi connectivity index (χ1n) is 20.0. The molecule has 282 valence electrons. The molecule has 3 fully saturated rings. The Labute approximate surface area is 305 Å². The maximum atomic E-state index is 11.2. The zero-order chi connectivity index (χ0) is 35.8. The van der Waals surface area contributed by atoms with Gasteiger partial charge in [0.05, 0.1) is 18.1 Å². The molecule has 1 aromatic rings. The summed E-state index contributed by atoms with van der Waals surface area (Å²) >= 11 is 0. The van der Waals surface area contributed by atoms with E-state index < -0.39 is 12.2 Å². The van der Waals surface area contributed by atoms with Crippen LogP contribution in [0.2, 0.25) is 0 Å². The first-order valence-corrected chi connectivity index (χ1v) is 20.0. The number of rotatable bonds is 19. The van der Waals surface area contributed by atoms with Gasteiger partial charge in [0.1, 0.15) is 30.4 Å². The van der Waals surface area contributed by atoms with Gasteiger partial charge in [0.25, 0.3) is 0 Å². The molecule has 9 heteroatoms. The highest BCUT2D eigenvalue weighted by Crippen LogP contribution is 2.49. The second kappa shape index (κ2) is 18.0. The minimum atomic E-state index is -0.915. The number of unbranched alkanes of at least 4 members (excludes halogenated alkanes) is 1. The molecule has 0 spiro atoms. The number of nitrogens with zero attached hydrogens (tertiary/aromatic N) is 1. The molecule has 1 unspecified atom stereocenters. The number of aliphatic hydroxyl groups is 5. The summed E-state index contributed by atoms with van der Waals surface area (Å²) in [5, 5.41) is 45.2. The van der Waals surface area contributed by atoms with Gasteiger partial charge in [-0.3, -0.25) is 0 Å². The molecule has 2 heterocycles. The zero-order valence-corrected chi connectivity index (χ0v) is 30.9. The van der Waals surface area contributed by atoms with E-state index >= 15 is 0 Å². The lowest BCUT2D eigenvalue weighted by atomic mass is 9.77. The quantitative estimate of drug-likeness (QED) is 0.0622. The Morgan fingerprint density at radius 2 is 1.98 bits per heavy atom. The fraction of sp³-hybridized carbons (Fsp3) is 0.690. The maximum absolute atomic E-state index is 11.2. The number of hydrogen-bond donors (Lipinski definition) is 6. The van der Waals surface area contributed by atoms with Gasteiger partial charge in [0.2, 0.25) is 5.70 Å². The molecule has 51 heavy (non-hydrogen) atoms. The van der Waals surface area contributed by atoms with Crippen molar-refractivity contribution in [2.24, 2.45) is 33.9 Å². The number of phenolic OH excluding ortho intramolecular Hbond substituents is 1. The molecule has 5 aliphatic rings. The third-order valence-corrected chi connectivity index (χ3v) is 12.6. The van der Waals surface area contributed by atoms with E-state index in [1.807, 2.05) is 12.1 Å². The number of ether oxygens (including phenoxy) is 2. The normalized spacial score (nSPS) is 26.7. The SMILES string of the molecule is C[C@H](O)CNC[C@H]1[C+]2C=C([C@@H](O)COc3cc(CC[C-]4C=C(CO)C(CCCCC5(CCN)CCCC5)[OH+]4)ccc3O)N=C2CC[C@H]2CCC[C@@H]21. The fourth-order valence-corrected chi connectivity index (χ4v) is 9.82. The number of benzene rings is 1. The minimum absolute atomic E-state index is 0.00572. The van der Waals surface area contributed by atoms with Crippen molar-refractivity contribution < 1.29 is 29.9 Å². The number of phenols is 1. The van der Waals surface area contributed by atoms with Crippen LogP contribution in [-0.2, 0) is 6.42 Å². The van der Waals surface area contributed by atoms with Crippen molar-refractivity contribution in [3.63, 3.8) is 0 Å². The van der Waals surface area contributed by atoms with Gasteiger partial charge in [-0.2, -0.15) is 0 Å². The molecule has 0 bridgehead atoms. The van der Waals surface area contributed by atoms with Crippen LogP contribution in [-0.4, -0.2) is 82.0 Å². The Morgan fingerprint density at radius 1 is 1.14 bits per heavy atom. The standard InChI is InChI=1S/C42H63N3O6/c1-28(47)24-44-25-35-33-8-6-7-30(33)12-14-36-34(35)23-37(45-36)39(49)27-50-41-21-29(11-15-38(41)48)10-13-32-22-31(26-46)40(51-32)9-2-3-16-42(19-20-43)17-4-5-18-42/h11,15,21-23,28,30,33,35,39-40,44,46-47,49,51H,2-10,12-14,16-20,24-27,43H2,1H3/p+1/t28-,30+,33-,35+,39-,40?/m0/s1. The molecule has 6 atom stereocenters. The van der Waals surface area contributed by atoms with E-state index in [1.54, 1.807) is 13.0 Å². The van der Waals surface area contributed by atoms with Gasteiger partial charge in [-0.25, -0.2) is 0 Å². The number of aromatic hydroxyl groups is 1. The first kappa shape index (κ1) is 38.2. The summed E-state index contributed by atoms with van der Waals surface area (Å²) in [7, 11) is 0. The number of aliphatic imine (C=N–C) groups is 1. The molecule has 8 N–H and O–H groups in total. The summed E-state index contributed by atoms with van der Waals surface area (Å²) in [6.07, 6.45) is 22.2. The average molecular weight is 707 g/mol. The molecule has 6 rings (SSSR count). The van der Waals surface area contributed by atoms with Crippen molar-refractivity contribution in [1.29, 1.82) is 0 Å². The van der Waals surface area contributed by atoms with Crippen molar-refractivity contribution >= 4 is 5.71 Å². The van der Waals surface area contributed by atoms with E-state index in [-0.39, 0.29) is 25.1 Å². The third kappa shape index (κ3) is 9.72. The van der Waals surface area contributed by atoms with Crippen LogP contribution in [0.1, 0.15) is 109 Å². The Kier molecular flexibility index (Phi) is 13.5. The van der Waals surface area contributed by atoms with Crippen LogP contribution in [0.3, 0.4) is 0 Å². The van der Waals surface area contributed by atoms with Gasteiger partial charge in [-0.15, -0.1) is 16.6 Å². The van der Waals surface area contributed by atoms with Crippen LogP contribution < -0.4 is 15.8 Å². The smallest absolute Gasteiger partial charge is 0.208 e. The van der Waals surface area contributed by atoms with E-state index in [4.69, 9.17) is 20.2 Å². The number of allylic oxidation sites excluding steroid dienone is 1. The van der Waals surface area contributed by atoms with Gasteiger partial charge >= 0.3 is 0 Å². The van der Waals surface area contributed by atoms with Crippen LogP contribution in [0.25, 0.3) is 0 Å². The van der Waals surface area contributed by atoms with Crippen LogP contribution in [0, 0.1) is 35.2 Å². The molecule has 9 nitrogen and oxygen atoms in total. The summed E-state index contributed by atoms with van der Waals surface area (Å²) < 4.78 is 11.0. The van der Waals surface area contributed by atoms with Crippen LogP contribution >= 0.6 is 0 Å². The summed E-state index contributed by atoms with van der Waals surface area (Å²) in [4.78, 5) is 4.92. The zero-order valence-electron chi connectivity index (χ0n) is 30.9. The number of aliphatic hydroxyl groups excluding tert-OH is 3. The summed E-state index contributed by atoms with van der Waals surface area (Å²) in [6.45, 7) is 3.99. The Balaban J connectivity index is 0.985. The minimum Gasteiger partial charge on any atom is -0.504 e. The molecule has 0 saturated heterocycles. The van der Waals surface area contributed by atoms with E-state index in [0.717, 1.165) is 81.0 Å². The average Bonchev–Trinajstić information content (AvgIpc) is 3.93. The number of aryl methyl sites for hydroxylation is 1. The van der Waals surface area contributed by atoms with Crippen molar-refractivity contribution in [2.75, 3.05) is 32.8 Å². The second-order valence-corrected chi connectivity index (χ2v) is 16.2. The van der Waals surface area contributed by atoms with Crippen molar-refractivity contribution in [3.8, 4) is 11.5 Å². The number of fused-ring (bicyclic) bond motifs is 2. The van der Waals surface area contributed by atoms with E-state index in [1.165, 1.54) is 63.7 Å². The molecule has 0 amide bonds. The predicted octanol–water partition coefficient (Wildman–Crippen LogP) is 5.60. The van der Waals surface area contributed by atoms with Crippen LogP contribution in [0.5, 0.6) is 11.5 Å². The van der Waals surface area contributed by atoms with Crippen molar-refractivity contribution in [2.45, 2.75) is 128 Å². The second-order valence-electron chi connectivity index (χ2n) is 16.2. The van der Waals surface area contributed by atoms with Gasteiger partial charge < -0.3 is 41.0 Å². The fourth-order valence-electron chi connectivity index (χ4n) is 9.82. The first-order chi connectivity index (χ1) is 24.8. The maximum Gasteiger partial charge on any atom is 0.208 e. The molecular weight excluding hydrogens is 642 g/mol. The third-order valence-electron chi connectivity index (χ3n) is 12.6. The molecule has 3 saturated carbocycles. The molecule has 0 radical (unpaired) electrons. The Hall–Kier alpha value is -2.53. The monoisotopic (exact) mass is 706 g/mol. The summed E-state index contributed by atoms with van der Waals surface area (Å²) in [5.74, 6) is 3.26. The Morgan fingerprint density at radius 3 is 2.76 bits per heavy atom. The lowest BCUT2D eigenvalue weighted by Crippen LogP contribution is -2.36. The molecule has 0 aromatic heterocycles. The van der Waals surface area contributed by atoms with Crippen LogP contribution in [0.15, 0.2) is 46.6 Å². The predicted molar refractivity (Wildman–Crippen MR) is 202 cm³/mol. The van der Waals surface area contributed by atoms with Gasteiger partial charge in [-0.1, -0.05) is 38.2 Å². The number of hydrogen-bond acceptors (Lipinski definition) is 8. The highest BCUT2D eigenvalue weighted by atomic mass is 16.5. The molecule has 3 aliphatic carbocycles. The highest BCUT2D eigenvalue weighted by molar-refractivity contribution is 6.03. The largest absolute Gasteiger partial charge is 0.504 e. The van der Waals surface area contributed by atoms with E-state index in [9.17, 15) is 20.4 Å². The van der Waals surface area contributed by atoms with Gasteiger partial charge in [0.15, 0.2) is 17.6 Å². The lowest BCUT2D eigenvalue weighted by Gasteiger charge is -2.29. The summed E-state index contributed by atoms with van der Waals surface area (Å²) in [5.41, 5.74) is 10.1. The number of nitrogens with one attached hydrogen (secondary N) is 1. The van der Waals surface area contributed by atoms with Gasteiger partial charge in [0, 0.05) is 32.5 Å². The van der Waals surface area contributed by atoms with Crippen LogP contribution in [0.4, 0.5) is 0 Å². The lowest BCUT2D eigenvalue weighted by molar-refractivity contribution is -0.0554. The molecular formula is C42H64N3O6+.